The summed E-state index contributed by atoms with van der Waals surface area (Å²) in [7, 11) is -3.57. The molecule has 22 heavy (non-hydrogen) atoms. The summed E-state index contributed by atoms with van der Waals surface area (Å²) in [6.45, 7) is 3.24. The number of aryl methyl sites for hydroxylation is 1. The minimum atomic E-state index is -3.57. The number of piperazine rings is 1. The lowest BCUT2D eigenvalue weighted by molar-refractivity contribution is 0.271. The molecule has 1 fully saturated rings. The highest BCUT2D eigenvalue weighted by Gasteiger charge is 2.35. The Balaban J connectivity index is 2.02. The van der Waals surface area contributed by atoms with E-state index in [1.54, 1.807) is 30.5 Å². The summed E-state index contributed by atoms with van der Waals surface area (Å²) in [5.41, 5.74) is 1.42. The highest BCUT2D eigenvalue weighted by Crippen LogP contribution is 2.32. The third-order valence-corrected chi connectivity index (χ3v) is 7.36. The quantitative estimate of drug-likeness (QED) is 0.934. The number of nitrogens with zero attached hydrogens (tertiary/aromatic N) is 1. The monoisotopic (exact) mass is 340 g/mol. The molecule has 118 valence electrons. The van der Waals surface area contributed by atoms with Crippen LogP contribution in [0.2, 0.25) is 0 Å². The number of hydrogen-bond acceptors (Lipinski definition) is 4. The van der Waals surface area contributed by atoms with Crippen LogP contribution in [0, 0.1) is 12.7 Å². The zero-order valence-corrected chi connectivity index (χ0v) is 13.8. The van der Waals surface area contributed by atoms with Crippen molar-refractivity contribution in [3.63, 3.8) is 0 Å². The highest BCUT2D eigenvalue weighted by atomic mass is 32.2. The van der Waals surface area contributed by atoms with Gasteiger partial charge < -0.3 is 5.32 Å². The van der Waals surface area contributed by atoms with E-state index in [-0.39, 0.29) is 5.82 Å². The zero-order chi connectivity index (χ0) is 15.7. The van der Waals surface area contributed by atoms with Gasteiger partial charge in [-0.2, -0.15) is 4.31 Å². The standard InChI is InChI=1S/C15H17FN2O2S2/c1-11-5-8-21-15(11)22(19,20)18-7-6-17-10-14(18)12-3-2-4-13(16)9-12/h2-5,8-9,14,17H,6-7,10H2,1H3. The van der Waals surface area contributed by atoms with E-state index in [4.69, 9.17) is 0 Å². The molecule has 0 aliphatic carbocycles. The predicted octanol–water partition coefficient (Wildman–Crippen LogP) is 2.53. The van der Waals surface area contributed by atoms with Crippen LogP contribution < -0.4 is 5.32 Å². The average Bonchev–Trinajstić information content (AvgIpc) is 2.94. The minimum Gasteiger partial charge on any atom is -0.313 e. The Morgan fingerprint density at radius 3 is 2.86 bits per heavy atom. The summed E-state index contributed by atoms with van der Waals surface area (Å²) in [5, 5.41) is 4.97. The average molecular weight is 340 g/mol. The van der Waals surface area contributed by atoms with E-state index in [0.29, 0.717) is 29.4 Å². The first-order chi connectivity index (χ1) is 10.5. The first-order valence-electron chi connectivity index (χ1n) is 7.02. The van der Waals surface area contributed by atoms with E-state index in [1.165, 1.54) is 27.8 Å². The summed E-state index contributed by atoms with van der Waals surface area (Å²) >= 11 is 1.23. The van der Waals surface area contributed by atoms with Crippen LogP contribution in [-0.4, -0.2) is 32.4 Å². The number of nitrogens with one attached hydrogen (secondary N) is 1. The van der Waals surface area contributed by atoms with Crippen molar-refractivity contribution in [1.29, 1.82) is 0 Å². The molecular formula is C15H17FN2O2S2. The van der Waals surface area contributed by atoms with Crippen LogP contribution in [-0.2, 0) is 10.0 Å². The Morgan fingerprint density at radius 2 is 2.18 bits per heavy atom. The maximum absolute atomic E-state index is 13.5. The molecule has 0 amide bonds. The third kappa shape index (κ3) is 2.81. The second-order valence-electron chi connectivity index (χ2n) is 5.28. The molecule has 3 rings (SSSR count). The summed E-state index contributed by atoms with van der Waals surface area (Å²) in [6, 6.07) is 7.56. The van der Waals surface area contributed by atoms with E-state index in [2.05, 4.69) is 5.32 Å². The summed E-state index contributed by atoms with van der Waals surface area (Å²) in [5.74, 6) is -0.354. The van der Waals surface area contributed by atoms with Crippen molar-refractivity contribution >= 4 is 21.4 Å². The van der Waals surface area contributed by atoms with Crippen LogP contribution in [0.4, 0.5) is 4.39 Å². The molecule has 0 bridgehead atoms. The van der Waals surface area contributed by atoms with Gasteiger partial charge in [0.25, 0.3) is 10.0 Å². The van der Waals surface area contributed by atoms with Gasteiger partial charge in [0, 0.05) is 19.6 Å². The van der Waals surface area contributed by atoms with Crippen LogP contribution >= 0.6 is 11.3 Å². The highest BCUT2D eigenvalue weighted by molar-refractivity contribution is 7.91. The van der Waals surface area contributed by atoms with Gasteiger partial charge in [-0.15, -0.1) is 11.3 Å². The Labute approximate surface area is 133 Å². The molecule has 1 aromatic carbocycles. The van der Waals surface area contributed by atoms with E-state index in [1.807, 2.05) is 0 Å². The molecule has 7 heteroatoms. The first kappa shape index (κ1) is 15.6. The van der Waals surface area contributed by atoms with Crippen molar-refractivity contribution in [1.82, 2.24) is 9.62 Å². The number of halogens is 1. The zero-order valence-electron chi connectivity index (χ0n) is 12.1. The molecule has 2 aromatic rings. The van der Waals surface area contributed by atoms with Crippen LogP contribution in [0.25, 0.3) is 0 Å². The molecule has 1 saturated heterocycles. The largest absolute Gasteiger partial charge is 0.313 e. The van der Waals surface area contributed by atoms with Gasteiger partial charge in [0.2, 0.25) is 0 Å². The van der Waals surface area contributed by atoms with E-state index < -0.39 is 16.1 Å². The normalized spacial score (nSPS) is 20.2. The van der Waals surface area contributed by atoms with Crippen LogP contribution in [0.5, 0.6) is 0 Å². The summed E-state index contributed by atoms with van der Waals surface area (Å²) in [6.07, 6.45) is 0. The smallest absolute Gasteiger partial charge is 0.253 e. The molecule has 0 radical (unpaired) electrons. The molecule has 1 atom stereocenters. The Morgan fingerprint density at radius 1 is 1.36 bits per heavy atom. The van der Waals surface area contributed by atoms with Crippen molar-refractivity contribution in [3.8, 4) is 0 Å². The maximum Gasteiger partial charge on any atom is 0.253 e. The predicted molar refractivity (Wildman–Crippen MR) is 85.0 cm³/mol. The maximum atomic E-state index is 13.5. The summed E-state index contributed by atoms with van der Waals surface area (Å²) < 4.78 is 41.3. The van der Waals surface area contributed by atoms with Crippen LogP contribution in [0.3, 0.4) is 0 Å². The first-order valence-corrected chi connectivity index (χ1v) is 9.34. The van der Waals surface area contributed by atoms with E-state index in [9.17, 15) is 12.8 Å². The molecule has 1 unspecified atom stereocenters. The van der Waals surface area contributed by atoms with Gasteiger partial charge in [0.05, 0.1) is 6.04 Å². The Bertz CT molecular complexity index is 773. The van der Waals surface area contributed by atoms with Crippen molar-refractivity contribution in [2.24, 2.45) is 0 Å². The van der Waals surface area contributed by atoms with Crippen molar-refractivity contribution in [2.75, 3.05) is 19.6 Å². The van der Waals surface area contributed by atoms with Crippen molar-refractivity contribution in [2.45, 2.75) is 17.2 Å². The molecule has 1 aliphatic heterocycles. The number of benzene rings is 1. The summed E-state index contributed by atoms with van der Waals surface area (Å²) in [4.78, 5) is 0. The lowest BCUT2D eigenvalue weighted by atomic mass is 10.1. The third-order valence-electron chi connectivity index (χ3n) is 3.79. The van der Waals surface area contributed by atoms with Gasteiger partial charge in [-0.25, -0.2) is 12.8 Å². The Hall–Kier alpha value is -1.28. The lowest BCUT2D eigenvalue weighted by Gasteiger charge is -2.35. The topological polar surface area (TPSA) is 49.4 Å². The van der Waals surface area contributed by atoms with Crippen LogP contribution in [0.15, 0.2) is 39.9 Å². The molecule has 0 saturated carbocycles. The van der Waals surface area contributed by atoms with Crippen molar-refractivity contribution < 1.29 is 12.8 Å². The fraction of sp³-hybridized carbons (Fsp3) is 0.333. The second kappa shape index (κ2) is 6.08. The van der Waals surface area contributed by atoms with Crippen molar-refractivity contribution in [3.05, 3.63) is 52.7 Å². The van der Waals surface area contributed by atoms with Gasteiger partial charge in [0.15, 0.2) is 0 Å². The van der Waals surface area contributed by atoms with Gasteiger partial charge in [-0.1, -0.05) is 12.1 Å². The fourth-order valence-electron chi connectivity index (χ4n) is 2.70. The van der Waals surface area contributed by atoms with Gasteiger partial charge in [-0.05, 0) is 41.6 Å². The number of thiophene rings is 1. The number of sulfonamides is 1. The minimum absolute atomic E-state index is 0.354. The van der Waals surface area contributed by atoms with Gasteiger partial charge in [-0.3, -0.25) is 0 Å². The SMILES string of the molecule is Cc1ccsc1S(=O)(=O)N1CCNCC1c1cccc(F)c1. The number of rotatable bonds is 3. The molecule has 0 spiro atoms. The van der Waals surface area contributed by atoms with E-state index in [0.717, 1.165) is 5.56 Å². The Kier molecular flexibility index (Phi) is 4.31. The molecule has 2 heterocycles. The molecule has 1 aromatic heterocycles. The number of hydrogen-bond donors (Lipinski definition) is 1. The lowest BCUT2D eigenvalue weighted by Crippen LogP contribution is -2.48. The molecular weight excluding hydrogens is 323 g/mol. The molecule has 1 aliphatic rings. The second-order valence-corrected chi connectivity index (χ2v) is 8.28. The van der Waals surface area contributed by atoms with E-state index >= 15 is 0 Å². The fourth-order valence-corrected chi connectivity index (χ4v) is 5.84. The molecule has 1 N–H and O–H groups in total. The van der Waals surface area contributed by atoms with Gasteiger partial charge >= 0.3 is 0 Å². The van der Waals surface area contributed by atoms with Gasteiger partial charge in [0.1, 0.15) is 10.0 Å². The van der Waals surface area contributed by atoms with Crippen LogP contribution in [0.1, 0.15) is 17.2 Å². The molecule has 4 nitrogen and oxygen atoms in total.